The predicted molar refractivity (Wildman–Crippen MR) is 82.3 cm³/mol. The largest absolute Gasteiger partial charge is 0.494 e. The lowest BCUT2D eigenvalue weighted by Crippen LogP contribution is -2.12. The number of benzene rings is 1. The third-order valence-corrected chi connectivity index (χ3v) is 3.56. The first-order valence-corrected chi connectivity index (χ1v) is 7.04. The van der Waals surface area contributed by atoms with Gasteiger partial charge in [-0.3, -0.25) is 4.79 Å². The lowest BCUT2D eigenvalue weighted by molar-refractivity contribution is 0.0920. The maximum atomic E-state index is 12.2. The van der Waals surface area contributed by atoms with Gasteiger partial charge < -0.3 is 14.0 Å². The first kappa shape index (κ1) is 15.2. The average molecular weight is 287 g/mol. The first-order chi connectivity index (χ1) is 10.0. The number of carbonyl (C=O) groups is 1. The van der Waals surface area contributed by atoms with Crippen LogP contribution in [-0.2, 0) is 7.05 Å². The van der Waals surface area contributed by atoms with E-state index in [9.17, 15) is 4.79 Å². The fourth-order valence-corrected chi connectivity index (χ4v) is 2.18. The molecule has 1 heterocycles. The van der Waals surface area contributed by atoms with Crippen LogP contribution in [0.1, 0.15) is 28.7 Å². The molecular weight excluding hydrogens is 266 g/mol. The third kappa shape index (κ3) is 3.45. The van der Waals surface area contributed by atoms with E-state index < -0.39 is 0 Å². The number of rotatable bonds is 6. The molecule has 0 spiro atoms. The van der Waals surface area contributed by atoms with Crippen LogP contribution >= 0.6 is 0 Å². The molecule has 112 valence electrons. The number of ether oxygens (including phenoxy) is 2. The molecule has 0 N–H and O–H groups in total. The van der Waals surface area contributed by atoms with E-state index in [1.54, 1.807) is 6.07 Å². The summed E-state index contributed by atoms with van der Waals surface area (Å²) < 4.78 is 13.0. The van der Waals surface area contributed by atoms with Crippen LogP contribution in [0.2, 0.25) is 0 Å². The Kier molecular flexibility index (Phi) is 4.68. The molecule has 2 rings (SSSR count). The van der Waals surface area contributed by atoms with Crippen molar-refractivity contribution >= 4 is 5.78 Å². The quantitative estimate of drug-likeness (QED) is 0.765. The monoisotopic (exact) mass is 287 g/mol. The SMILES string of the molecule is CCOc1cccc(OCC(=O)c2cc(C)n(C)c2C)c1. The summed E-state index contributed by atoms with van der Waals surface area (Å²) in [7, 11) is 1.95. The fourth-order valence-electron chi connectivity index (χ4n) is 2.18. The normalized spacial score (nSPS) is 10.5. The zero-order valence-corrected chi connectivity index (χ0v) is 13.0. The molecule has 2 aromatic rings. The highest BCUT2D eigenvalue weighted by Crippen LogP contribution is 2.20. The standard InChI is InChI=1S/C17H21NO3/c1-5-20-14-7-6-8-15(10-14)21-11-17(19)16-9-12(2)18(4)13(16)3/h6-10H,5,11H2,1-4H3. The van der Waals surface area contributed by atoms with Crippen LogP contribution < -0.4 is 9.47 Å². The number of hydrogen-bond acceptors (Lipinski definition) is 3. The highest BCUT2D eigenvalue weighted by molar-refractivity contribution is 5.98. The minimum Gasteiger partial charge on any atom is -0.494 e. The van der Waals surface area contributed by atoms with Gasteiger partial charge in [0.1, 0.15) is 11.5 Å². The summed E-state index contributed by atoms with van der Waals surface area (Å²) in [6.07, 6.45) is 0. The molecule has 0 bridgehead atoms. The van der Waals surface area contributed by atoms with E-state index >= 15 is 0 Å². The maximum Gasteiger partial charge on any atom is 0.202 e. The fraction of sp³-hybridized carbons (Fsp3) is 0.353. The summed E-state index contributed by atoms with van der Waals surface area (Å²) in [5, 5.41) is 0. The molecule has 4 nitrogen and oxygen atoms in total. The molecule has 0 amide bonds. The summed E-state index contributed by atoms with van der Waals surface area (Å²) in [6.45, 7) is 6.48. The molecule has 0 saturated carbocycles. The zero-order valence-electron chi connectivity index (χ0n) is 13.0. The van der Waals surface area contributed by atoms with Crippen molar-refractivity contribution in [1.82, 2.24) is 4.57 Å². The van der Waals surface area contributed by atoms with Gasteiger partial charge in [0.05, 0.1) is 6.61 Å². The second-order valence-corrected chi connectivity index (χ2v) is 4.96. The van der Waals surface area contributed by atoms with Crippen molar-refractivity contribution in [3.63, 3.8) is 0 Å². The smallest absolute Gasteiger partial charge is 0.202 e. The Balaban J connectivity index is 2.04. The molecule has 0 radical (unpaired) electrons. The summed E-state index contributed by atoms with van der Waals surface area (Å²) >= 11 is 0. The summed E-state index contributed by atoms with van der Waals surface area (Å²) in [5.41, 5.74) is 2.74. The van der Waals surface area contributed by atoms with Gasteiger partial charge in [0.2, 0.25) is 5.78 Å². The number of ketones is 1. The van der Waals surface area contributed by atoms with Crippen molar-refractivity contribution in [2.45, 2.75) is 20.8 Å². The summed E-state index contributed by atoms with van der Waals surface area (Å²) in [6, 6.07) is 9.22. The van der Waals surface area contributed by atoms with E-state index in [0.717, 1.165) is 22.7 Å². The molecule has 0 aliphatic rings. The van der Waals surface area contributed by atoms with Crippen LogP contribution in [0.5, 0.6) is 11.5 Å². The lowest BCUT2D eigenvalue weighted by Gasteiger charge is -2.08. The van der Waals surface area contributed by atoms with Crippen molar-refractivity contribution in [2.75, 3.05) is 13.2 Å². The van der Waals surface area contributed by atoms with Crippen LogP contribution in [-0.4, -0.2) is 23.6 Å². The van der Waals surface area contributed by atoms with Crippen molar-refractivity contribution in [2.24, 2.45) is 7.05 Å². The number of hydrogen-bond donors (Lipinski definition) is 0. The van der Waals surface area contributed by atoms with E-state index in [-0.39, 0.29) is 12.4 Å². The van der Waals surface area contributed by atoms with Gasteiger partial charge in [-0.25, -0.2) is 0 Å². The van der Waals surface area contributed by atoms with Gasteiger partial charge in [0, 0.05) is 30.1 Å². The molecule has 0 aliphatic heterocycles. The Morgan fingerprint density at radius 2 is 1.81 bits per heavy atom. The minimum absolute atomic E-state index is 0.0157. The molecule has 0 aliphatic carbocycles. The lowest BCUT2D eigenvalue weighted by atomic mass is 10.1. The number of aromatic nitrogens is 1. The van der Waals surface area contributed by atoms with Crippen molar-refractivity contribution in [3.8, 4) is 11.5 Å². The summed E-state index contributed by atoms with van der Waals surface area (Å²) in [5.74, 6) is 1.37. The van der Waals surface area contributed by atoms with Crippen LogP contribution in [0.15, 0.2) is 30.3 Å². The highest BCUT2D eigenvalue weighted by atomic mass is 16.5. The third-order valence-electron chi connectivity index (χ3n) is 3.56. The van der Waals surface area contributed by atoms with Gasteiger partial charge >= 0.3 is 0 Å². The Labute approximate surface area is 125 Å². The Morgan fingerprint density at radius 1 is 1.14 bits per heavy atom. The Bertz CT molecular complexity index is 643. The van der Waals surface area contributed by atoms with E-state index in [4.69, 9.17) is 9.47 Å². The van der Waals surface area contributed by atoms with Gasteiger partial charge in [-0.1, -0.05) is 6.07 Å². The van der Waals surface area contributed by atoms with Gasteiger partial charge in [0.25, 0.3) is 0 Å². The molecule has 0 fully saturated rings. The predicted octanol–water partition coefficient (Wildman–Crippen LogP) is 3.30. The maximum absolute atomic E-state index is 12.2. The molecule has 4 heteroatoms. The van der Waals surface area contributed by atoms with E-state index in [1.165, 1.54) is 0 Å². The van der Waals surface area contributed by atoms with Crippen LogP contribution in [0.25, 0.3) is 0 Å². The molecule has 1 aromatic heterocycles. The number of Topliss-reactive ketones (excluding diaryl/α,β-unsaturated/α-hetero) is 1. The topological polar surface area (TPSA) is 40.5 Å². The van der Waals surface area contributed by atoms with Gasteiger partial charge in [-0.2, -0.15) is 0 Å². The molecule has 0 saturated heterocycles. The van der Waals surface area contributed by atoms with E-state index in [2.05, 4.69) is 0 Å². The van der Waals surface area contributed by atoms with Gasteiger partial charge in [0.15, 0.2) is 6.61 Å². The molecule has 1 aromatic carbocycles. The second kappa shape index (κ2) is 6.48. The molecule has 0 atom stereocenters. The van der Waals surface area contributed by atoms with Crippen LogP contribution in [0.4, 0.5) is 0 Å². The summed E-state index contributed by atoms with van der Waals surface area (Å²) in [4.78, 5) is 12.2. The second-order valence-electron chi connectivity index (χ2n) is 4.96. The van der Waals surface area contributed by atoms with Crippen molar-refractivity contribution in [3.05, 3.63) is 47.3 Å². The van der Waals surface area contributed by atoms with E-state index in [1.807, 2.05) is 56.7 Å². The average Bonchev–Trinajstić information content (AvgIpc) is 2.73. The first-order valence-electron chi connectivity index (χ1n) is 7.04. The van der Waals surface area contributed by atoms with Crippen LogP contribution in [0, 0.1) is 13.8 Å². The molecule has 0 unspecified atom stereocenters. The highest BCUT2D eigenvalue weighted by Gasteiger charge is 2.14. The molecule has 21 heavy (non-hydrogen) atoms. The van der Waals surface area contributed by atoms with Gasteiger partial charge in [-0.15, -0.1) is 0 Å². The minimum atomic E-state index is -0.0157. The van der Waals surface area contributed by atoms with E-state index in [0.29, 0.717) is 12.4 Å². The van der Waals surface area contributed by atoms with Gasteiger partial charge in [-0.05, 0) is 39.0 Å². The molecular formula is C17H21NO3. The van der Waals surface area contributed by atoms with Crippen LogP contribution in [0.3, 0.4) is 0 Å². The Morgan fingerprint density at radius 3 is 2.38 bits per heavy atom. The number of nitrogens with zero attached hydrogens (tertiary/aromatic N) is 1. The number of aryl methyl sites for hydroxylation is 1. The number of carbonyl (C=O) groups excluding carboxylic acids is 1. The van der Waals surface area contributed by atoms with Crippen molar-refractivity contribution < 1.29 is 14.3 Å². The zero-order chi connectivity index (χ0) is 15.4. The van der Waals surface area contributed by atoms with Crippen molar-refractivity contribution in [1.29, 1.82) is 0 Å². The Hall–Kier alpha value is -2.23.